The molecule has 1 rings (SSSR count). The molecular formula is C5H12N2O2S. The van der Waals surface area contributed by atoms with E-state index in [1.165, 1.54) is 0 Å². The molecule has 1 aliphatic rings. The van der Waals surface area contributed by atoms with Gasteiger partial charge in [0.25, 0.3) is 0 Å². The standard InChI is InChI=1S/C5H12N2O2S/c1-2-7(10(8)9)5-3-6-4-5/h5-6H,2-4H2,1H3,(H,8,9). The fraction of sp³-hybridized carbons (Fsp3) is 1.00. The molecule has 60 valence electrons. The number of nitrogens with one attached hydrogen (secondary N) is 1. The topological polar surface area (TPSA) is 52.6 Å². The van der Waals surface area contributed by atoms with Crippen LogP contribution < -0.4 is 5.32 Å². The van der Waals surface area contributed by atoms with E-state index in [0.717, 1.165) is 13.1 Å². The average molecular weight is 164 g/mol. The van der Waals surface area contributed by atoms with Gasteiger partial charge in [-0.3, -0.25) is 4.55 Å². The monoisotopic (exact) mass is 164 g/mol. The Bertz CT molecular complexity index is 138. The number of hydrogen-bond acceptors (Lipinski definition) is 2. The maximum Gasteiger partial charge on any atom is 0.234 e. The van der Waals surface area contributed by atoms with Crippen molar-refractivity contribution >= 4 is 11.3 Å². The zero-order valence-corrected chi connectivity index (χ0v) is 6.73. The lowest BCUT2D eigenvalue weighted by molar-refractivity contribution is 0.246. The largest absolute Gasteiger partial charge is 0.313 e. The second kappa shape index (κ2) is 3.43. The minimum absolute atomic E-state index is 0.260. The lowest BCUT2D eigenvalue weighted by atomic mass is 10.2. The Balaban J connectivity index is 2.39. The van der Waals surface area contributed by atoms with Crippen molar-refractivity contribution in [3.05, 3.63) is 0 Å². The van der Waals surface area contributed by atoms with Crippen LogP contribution >= 0.6 is 0 Å². The fourth-order valence-electron chi connectivity index (χ4n) is 0.973. The van der Waals surface area contributed by atoms with Gasteiger partial charge in [0.2, 0.25) is 11.3 Å². The molecule has 0 aromatic heterocycles. The van der Waals surface area contributed by atoms with Crippen molar-refractivity contribution in [2.45, 2.75) is 13.0 Å². The smallest absolute Gasteiger partial charge is 0.234 e. The third-order valence-corrected chi connectivity index (χ3v) is 2.64. The number of rotatable bonds is 3. The van der Waals surface area contributed by atoms with E-state index in [0.29, 0.717) is 6.54 Å². The summed E-state index contributed by atoms with van der Waals surface area (Å²) in [5.74, 6) is 0. The van der Waals surface area contributed by atoms with Gasteiger partial charge in [-0.05, 0) is 0 Å². The Morgan fingerprint density at radius 1 is 1.80 bits per heavy atom. The molecule has 1 aliphatic heterocycles. The Morgan fingerprint density at radius 3 is 2.50 bits per heavy atom. The van der Waals surface area contributed by atoms with Crippen molar-refractivity contribution < 1.29 is 8.76 Å². The molecule has 1 saturated heterocycles. The highest BCUT2D eigenvalue weighted by atomic mass is 32.2. The van der Waals surface area contributed by atoms with Crippen LogP contribution in [0.2, 0.25) is 0 Å². The van der Waals surface area contributed by atoms with Crippen LogP contribution in [0.3, 0.4) is 0 Å². The summed E-state index contributed by atoms with van der Waals surface area (Å²) >= 11 is -1.79. The van der Waals surface area contributed by atoms with Crippen LogP contribution in [-0.2, 0) is 11.3 Å². The molecule has 0 radical (unpaired) electrons. The van der Waals surface area contributed by atoms with Gasteiger partial charge in [0.05, 0.1) is 0 Å². The molecule has 0 amide bonds. The van der Waals surface area contributed by atoms with Crippen LogP contribution in [0.25, 0.3) is 0 Å². The van der Waals surface area contributed by atoms with Gasteiger partial charge >= 0.3 is 0 Å². The van der Waals surface area contributed by atoms with E-state index in [2.05, 4.69) is 5.32 Å². The van der Waals surface area contributed by atoms with Crippen molar-refractivity contribution in [1.29, 1.82) is 0 Å². The third-order valence-electron chi connectivity index (χ3n) is 1.68. The first kappa shape index (κ1) is 8.13. The van der Waals surface area contributed by atoms with Crippen molar-refractivity contribution in [2.75, 3.05) is 19.6 Å². The Hall–Kier alpha value is 0.0300. The van der Waals surface area contributed by atoms with E-state index in [1.807, 2.05) is 6.92 Å². The Labute approximate surface area is 63.0 Å². The summed E-state index contributed by atoms with van der Waals surface area (Å²) in [6, 6.07) is 0.260. The summed E-state index contributed by atoms with van der Waals surface area (Å²) in [6.07, 6.45) is 0. The molecule has 1 unspecified atom stereocenters. The Morgan fingerprint density at radius 2 is 2.40 bits per heavy atom. The molecule has 2 N–H and O–H groups in total. The molecule has 1 atom stereocenters. The first-order chi connectivity index (χ1) is 4.75. The summed E-state index contributed by atoms with van der Waals surface area (Å²) in [6.45, 7) is 4.18. The van der Waals surface area contributed by atoms with Crippen molar-refractivity contribution in [3.8, 4) is 0 Å². The van der Waals surface area contributed by atoms with Gasteiger partial charge < -0.3 is 5.32 Å². The molecular weight excluding hydrogens is 152 g/mol. The number of hydrogen-bond donors (Lipinski definition) is 2. The van der Waals surface area contributed by atoms with Crippen LogP contribution in [0, 0.1) is 0 Å². The molecule has 0 aromatic rings. The first-order valence-electron chi connectivity index (χ1n) is 3.34. The highest BCUT2D eigenvalue weighted by Crippen LogP contribution is 2.05. The van der Waals surface area contributed by atoms with E-state index < -0.39 is 11.3 Å². The predicted molar refractivity (Wildman–Crippen MR) is 39.8 cm³/mol. The summed E-state index contributed by atoms with van der Waals surface area (Å²) in [5.41, 5.74) is 0. The van der Waals surface area contributed by atoms with Crippen molar-refractivity contribution in [1.82, 2.24) is 9.62 Å². The molecule has 4 nitrogen and oxygen atoms in total. The van der Waals surface area contributed by atoms with Gasteiger partial charge in [-0.15, -0.1) is 0 Å². The van der Waals surface area contributed by atoms with Gasteiger partial charge in [-0.25, -0.2) is 4.21 Å². The molecule has 0 bridgehead atoms. The lowest BCUT2D eigenvalue weighted by Gasteiger charge is -2.34. The molecule has 10 heavy (non-hydrogen) atoms. The number of nitrogens with zero attached hydrogens (tertiary/aromatic N) is 1. The van der Waals surface area contributed by atoms with Gasteiger partial charge in [-0.1, -0.05) is 6.92 Å². The number of likely N-dealkylation sites (N-methyl/N-ethyl adjacent to an activating group) is 1. The highest BCUT2D eigenvalue weighted by Gasteiger charge is 2.26. The van der Waals surface area contributed by atoms with Crippen LogP contribution in [0.4, 0.5) is 0 Å². The molecule has 1 heterocycles. The molecule has 0 saturated carbocycles. The van der Waals surface area contributed by atoms with E-state index in [4.69, 9.17) is 4.55 Å². The summed E-state index contributed by atoms with van der Waals surface area (Å²) < 4.78 is 20.9. The average Bonchev–Trinajstić information content (AvgIpc) is 1.76. The quantitative estimate of drug-likeness (QED) is 0.549. The maximum atomic E-state index is 10.6. The normalized spacial score (nSPS) is 22.7. The van der Waals surface area contributed by atoms with E-state index in [9.17, 15) is 4.21 Å². The predicted octanol–water partition coefficient (Wildman–Crippen LogP) is -0.583. The fourth-order valence-corrected chi connectivity index (χ4v) is 1.60. The third kappa shape index (κ3) is 1.54. The first-order valence-corrected chi connectivity index (χ1v) is 4.40. The molecule has 5 heteroatoms. The van der Waals surface area contributed by atoms with Gasteiger partial charge in [0.1, 0.15) is 0 Å². The minimum atomic E-state index is -1.79. The van der Waals surface area contributed by atoms with E-state index in [1.54, 1.807) is 4.31 Å². The maximum absolute atomic E-state index is 10.6. The van der Waals surface area contributed by atoms with Crippen LogP contribution in [0.1, 0.15) is 6.92 Å². The minimum Gasteiger partial charge on any atom is -0.313 e. The summed E-state index contributed by atoms with van der Waals surface area (Å²) in [7, 11) is 0. The van der Waals surface area contributed by atoms with E-state index >= 15 is 0 Å². The molecule has 1 fully saturated rings. The van der Waals surface area contributed by atoms with Crippen LogP contribution in [0.15, 0.2) is 0 Å². The second-order valence-electron chi connectivity index (χ2n) is 2.28. The van der Waals surface area contributed by atoms with Gasteiger partial charge in [0, 0.05) is 25.7 Å². The van der Waals surface area contributed by atoms with E-state index in [-0.39, 0.29) is 6.04 Å². The van der Waals surface area contributed by atoms with Crippen molar-refractivity contribution in [3.63, 3.8) is 0 Å². The molecule has 0 aromatic carbocycles. The lowest BCUT2D eigenvalue weighted by Crippen LogP contribution is -2.57. The van der Waals surface area contributed by atoms with Gasteiger partial charge in [0.15, 0.2) is 0 Å². The highest BCUT2D eigenvalue weighted by molar-refractivity contribution is 7.76. The zero-order valence-electron chi connectivity index (χ0n) is 5.91. The zero-order chi connectivity index (χ0) is 7.56. The summed E-state index contributed by atoms with van der Waals surface area (Å²) in [4.78, 5) is 0. The second-order valence-corrected chi connectivity index (χ2v) is 3.21. The Kier molecular flexibility index (Phi) is 2.79. The summed E-state index contributed by atoms with van der Waals surface area (Å²) in [5, 5.41) is 3.04. The van der Waals surface area contributed by atoms with Crippen LogP contribution in [-0.4, -0.2) is 38.7 Å². The van der Waals surface area contributed by atoms with Crippen molar-refractivity contribution in [2.24, 2.45) is 0 Å². The van der Waals surface area contributed by atoms with Gasteiger partial charge in [-0.2, -0.15) is 4.31 Å². The molecule has 0 spiro atoms. The molecule has 0 aliphatic carbocycles. The van der Waals surface area contributed by atoms with Crippen LogP contribution in [0.5, 0.6) is 0 Å². The SMILES string of the molecule is CCN(C1CNC1)S(=O)O.